The Morgan fingerprint density at radius 3 is 2.21 bits per heavy atom. The Morgan fingerprint density at radius 2 is 1.63 bits per heavy atom. The van der Waals surface area contributed by atoms with Gasteiger partial charge in [0, 0.05) is 5.02 Å². The summed E-state index contributed by atoms with van der Waals surface area (Å²) in [5.74, 6) is -1.53. The molecule has 2 rings (SSSR count). The summed E-state index contributed by atoms with van der Waals surface area (Å²) >= 11 is 5.97. The van der Waals surface area contributed by atoms with Gasteiger partial charge in [0.1, 0.15) is 17.7 Å². The molecule has 1 atom stereocenters. The van der Waals surface area contributed by atoms with Crippen molar-refractivity contribution in [2.24, 2.45) is 0 Å². The van der Waals surface area contributed by atoms with Crippen LogP contribution in [0.5, 0.6) is 0 Å². The molecule has 0 bridgehead atoms. The fourth-order valence-electron chi connectivity index (χ4n) is 2.03. The first-order chi connectivity index (χ1) is 8.91. The molecule has 1 unspecified atom stereocenters. The largest absolute Gasteiger partial charge is 0.383 e. The minimum Gasteiger partial charge on any atom is -0.383 e. The minimum atomic E-state index is -1.35. The summed E-state index contributed by atoms with van der Waals surface area (Å²) in [5, 5.41) is 10.8. The molecule has 0 aliphatic rings. The van der Waals surface area contributed by atoms with E-state index in [1.165, 1.54) is 6.07 Å². The van der Waals surface area contributed by atoms with Crippen LogP contribution in [0.25, 0.3) is 0 Å². The number of aliphatic hydroxyl groups excluding tert-OH is 1. The fourth-order valence-corrected chi connectivity index (χ4v) is 2.24. The summed E-state index contributed by atoms with van der Waals surface area (Å²) in [6.07, 6.45) is -1.35. The first-order valence-corrected chi connectivity index (χ1v) is 6.18. The van der Waals surface area contributed by atoms with Crippen LogP contribution < -0.4 is 0 Å². The molecule has 0 fully saturated rings. The Hall–Kier alpha value is -1.45. The topological polar surface area (TPSA) is 20.2 Å². The van der Waals surface area contributed by atoms with Crippen molar-refractivity contribution in [1.82, 2.24) is 0 Å². The predicted octanol–water partition coefficient (Wildman–Crippen LogP) is 4.32. The molecule has 1 nitrogen and oxygen atoms in total. The highest BCUT2D eigenvalue weighted by Crippen LogP contribution is 2.31. The van der Waals surface area contributed by atoms with Crippen molar-refractivity contribution in [2.45, 2.75) is 20.0 Å². The first-order valence-electron chi connectivity index (χ1n) is 5.80. The van der Waals surface area contributed by atoms with Gasteiger partial charge in [0.2, 0.25) is 0 Å². The molecule has 1 N–H and O–H groups in total. The average Bonchev–Trinajstić information content (AvgIpc) is 2.33. The van der Waals surface area contributed by atoms with E-state index >= 15 is 0 Å². The van der Waals surface area contributed by atoms with Crippen LogP contribution in [0.1, 0.15) is 28.4 Å². The van der Waals surface area contributed by atoms with E-state index in [2.05, 4.69) is 0 Å². The van der Waals surface area contributed by atoms with Crippen LogP contribution in [0.4, 0.5) is 8.78 Å². The zero-order chi connectivity index (χ0) is 14.2. The molecular formula is C15H13ClF2O. The number of aryl methyl sites for hydroxylation is 2. The number of rotatable bonds is 2. The second kappa shape index (κ2) is 5.27. The number of aliphatic hydroxyl groups is 1. The van der Waals surface area contributed by atoms with Crippen LogP contribution in [0.3, 0.4) is 0 Å². The number of hydrogen-bond acceptors (Lipinski definition) is 1. The lowest BCUT2D eigenvalue weighted by atomic mass is 9.95. The maximum Gasteiger partial charge on any atom is 0.132 e. The SMILES string of the molecule is Cc1cc(C(O)c2c(F)cccc2F)c(C)cc1Cl. The molecule has 0 heterocycles. The Balaban J connectivity index is 2.56. The van der Waals surface area contributed by atoms with Gasteiger partial charge in [-0.05, 0) is 48.7 Å². The maximum absolute atomic E-state index is 13.7. The minimum absolute atomic E-state index is 0.340. The van der Waals surface area contributed by atoms with Crippen molar-refractivity contribution < 1.29 is 13.9 Å². The Kier molecular flexibility index (Phi) is 3.88. The van der Waals surface area contributed by atoms with Gasteiger partial charge in [-0.2, -0.15) is 0 Å². The number of halogens is 3. The summed E-state index contributed by atoms with van der Waals surface area (Å²) in [6.45, 7) is 3.51. The molecule has 2 aromatic rings. The lowest BCUT2D eigenvalue weighted by Crippen LogP contribution is -2.07. The van der Waals surface area contributed by atoms with E-state index in [4.69, 9.17) is 11.6 Å². The van der Waals surface area contributed by atoms with E-state index in [0.717, 1.165) is 17.7 Å². The van der Waals surface area contributed by atoms with Crippen LogP contribution in [-0.4, -0.2) is 5.11 Å². The number of benzene rings is 2. The van der Waals surface area contributed by atoms with Gasteiger partial charge >= 0.3 is 0 Å². The van der Waals surface area contributed by atoms with E-state index in [1.54, 1.807) is 26.0 Å². The molecule has 0 aliphatic heterocycles. The molecule has 100 valence electrons. The van der Waals surface area contributed by atoms with Crippen molar-refractivity contribution in [3.63, 3.8) is 0 Å². The Morgan fingerprint density at radius 1 is 1.05 bits per heavy atom. The van der Waals surface area contributed by atoms with Gasteiger partial charge in [0.25, 0.3) is 0 Å². The molecule has 0 aromatic heterocycles. The van der Waals surface area contributed by atoms with Gasteiger partial charge in [-0.25, -0.2) is 8.78 Å². The monoisotopic (exact) mass is 282 g/mol. The van der Waals surface area contributed by atoms with Gasteiger partial charge in [-0.15, -0.1) is 0 Å². The van der Waals surface area contributed by atoms with Crippen molar-refractivity contribution >= 4 is 11.6 Å². The van der Waals surface area contributed by atoms with Crippen molar-refractivity contribution in [3.8, 4) is 0 Å². The van der Waals surface area contributed by atoms with Gasteiger partial charge in [-0.3, -0.25) is 0 Å². The molecule has 0 aliphatic carbocycles. The van der Waals surface area contributed by atoms with Gasteiger partial charge < -0.3 is 5.11 Å². The second-order valence-corrected chi connectivity index (χ2v) is 4.90. The van der Waals surface area contributed by atoms with E-state index < -0.39 is 17.7 Å². The third-order valence-electron chi connectivity index (χ3n) is 3.12. The standard InChI is InChI=1S/C15H13ClF2O/c1-8-7-11(16)9(2)6-10(8)15(19)14-12(17)4-3-5-13(14)18/h3-7,15,19H,1-2H3. The summed E-state index contributed by atoms with van der Waals surface area (Å²) in [4.78, 5) is 0. The van der Waals surface area contributed by atoms with E-state index in [0.29, 0.717) is 16.1 Å². The summed E-state index contributed by atoms with van der Waals surface area (Å²) in [5.41, 5.74) is 1.54. The van der Waals surface area contributed by atoms with Crippen LogP contribution in [0, 0.1) is 25.5 Å². The molecule has 0 spiro atoms. The zero-order valence-electron chi connectivity index (χ0n) is 10.5. The van der Waals surface area contributed by atoms with Gasteiger partial charge in [0.05, 0.1) is 5.56 Å². The smallest absolute Gasteiger partial charge is 0.132 e. The van der Waals surface area contributed by atoms with Crippen LogP contribution >= 0.6 is 11.6 Å². The summed E-state index contributed by atoms with van der Waals surface area (Å²) < 4.78 is 27.3. The third kappa shape index (κ3) is 2.62. The molecule has 0 radical (unpaired) electrons. The van der Waals surface area contributed by atoms with Crippen molar-refractivity contribution in [1.29, 1.82) is 0 Å². The molecule has 0 amide bonds. The lowest BCUT2D eigenvalue weighted by molar-refractivity contribution is 0.208. The van der Waals surface area contributed by atoms with E-state index in [-0.39, 0.29) is 5.56 Å². The summed E-state index contributed by atoms with van der Waals surface area (Å²) in [6, 6.07) is 6.84. The zero-order valence-corrected chi connectivity index (χ0v) is 11.3. The molecular weight excluding hydrogens is 270 g/mol. The molecule has 2 aromatic carbocycles. The highest BCUT2D eigenvalue weighted by Gasteiger charge is 2.21. The number of hydrogen-bond donors (Lipinski definition) is 1. The van der Waals surface area contributed by atoms with Crippen LogP contribution in [0.2, 0.25) is 5.02 Å². The Labute approximate surface area is 115 Å². The first kappa shape index (κ1) is 14.0. The maximum atomic E-state index is 13.7. The second-order valence-electron chi connectivity index (χ2n) is 4.50. The highest BCUT2D eigenvalue weighted by atomic mass is 35.5. The van der Waals surface area contributed by atoms with Crippen molar-refractivity contribution in [2.75, 3.05) is 0 Å². The normalized spacial score (nSPS) is 12.5. The average molecular weight is 283 g/mol. The Bertz CT molecular complexity index is 606. The molecule has 0 saturated heterocycles. The van der Waals surface area contributed by atoms with Gasteiger partial charge in [-0.1, -0.05) is 23.7 Å². The van der Waals surface area contributed by atoms with E-state index in [9.17, 15) is 13.9 Å². The van der Waals surface area contributed by atoms with E-state index in [1.807, 2.05) is 0 Å². The van der Waals surface area contributed by atoms with Crippen LogP contribution in [-0.2, 0) is 0 Å². The highest BCUT2D eigenvalue weighted by molar-refractivity contribution is 6.31. The molecule has 4 heteroatoms. The quantitative estimate of drug-likeness (QED) is 0.870. The third-order valence-corrected chi connectivity index (χ3v) is 3.52. The lowest BCUT2D eigenvalue weighted by Gasteiger charge is -2.17. The van der Waals surface area contributed by atoms with Gasteiger partial charge in [0.15, 0.2) is 0 Å². The van der Waals surface area contributed by atoms with Crippen LogP contribution in [0.15, 0.2) is 30.3 Å². The molecule has 19 heavy (non-hydrogen) atoms. The van der Waals surface area contributed by atoms with Crippen molar-refractivity contribution in [3.05, 3.63) is 69.2 Å². The summed E-state index contributed by atoms with van der Waals surface area (Å²) in [7, 11) is 0. The molecule has 0 saturated carbocycles. The predicted molar refractivity (Wildman–Crippen MR) is 71.3 cm³/mol. The fraction of sp³-hybridized carbons (Fsp3) is 0.200.